The lowest BCUT2D eigenvalue weighted by Gasteiger charge is -2.28. The molecule has 0 radical (unpaired) electrons. The minimum Gasteiger partial charge on any atom is -0.348 e. The van der Waals surface area contributed by atoms with Crippen molar-refractivity contribution in [2.45, 2.75) is 70.4 Å². The zero-order valence-corrected chi connectivity index (χ0v) is 15.5. The van der Waals surface area contributed by atoms with Crippen molar-refractivity contribution in [3.05, 3.63) is 18.0 Å². The second-order valence-electron chi connectivity index (χ2n) is 7.16. The molecule has 2 heterocycles. The molecule has 0 bridgehead atoms. The van der Waals surface area contributed by atoms with Gasteiger partial charge in [0.1, 0.15) is 5.69 Å². The molecule has 1 amide bonds. The molecule has 1 aromatic rings. The highest BCUT2D eigenvalue weighted by Gasteiger charge is 2.23. The maximum Gasteiger partial charge on any atom is 0.271 e. The summed E-state index contributed by atoms with van der Waals surface area (Å²) in [6.45, 7) is 4.29. The lowest BCUT2D eigenvalue weighted by Crippen LogP contribution is -2.38. The molecule has 24 heavy (non-hydrogen) atoms. The zero-order valence-electron chi connectivity index (χ0n) is 14.7. The van der Waals surface area contributed by atoms with Crippen LogP contribution in [0, 0.1) is 5.92 Å². The fraction of sp³-hybridized carbons (Fsp3) is 0.778. The van der Waals surface area contributed by atoms with Gasteiger partial charge in [-0.3, -0.25) is 9.48 Å². The van der Waals surface area contributed by atoms with Gasteiger partial charge in [0.05, 0.1) is 6.04 Å². The highest BCUT2D eigenvalue weighted by Crippen LogP contribution is 2.27. The number of nitrogens with zero attached hydrogens (tertiary/aromatic N) is 2. The van der Waals surface area contributed by atoms with Crippen LogP contribution in [0.3, 0.4) is 0 Å². The summed E-state index contributed by atoms with van der Waals surface area (Å²) in [4.78, 5) is 12.4. The van der Waals surface area contributed by atoms with Gasteiger partial charge in [-0.05, 0) is 57.1 Å². The molecule has 1 aliphatic heterocycles. The number of carbonyl (C=O) groups is 1. The number of amides is 1. The molecule has 1 saturated heterocycles. The van der Waals surface area contributed by atoms with E-state index in [0.29, 0.717) is 17.8 Å². The number of piperidine rings is 1. The third-order valence-corrected chi connectivity index (χ3v) is 5.36. The lowest BCUT2D eigenvalue weighted by molar-refractivity contribution is 0.0914. The monoisotopic (exact) mass is 354 g/mol. The molecular weight excluding hydrogens is 324 g/mol. The lowest BCUT2D eigenvalue weighted by atomic mass is 9.83. The first kappa shape index (κ1) is 19.3. The molecule has 6 heteroatoms. The van der Waals surface area contributed by atoms with E-state index < -0.39 is 0 Å². The van der Waals surface area contributed by atoms with Crippen LogP contribution in [0.5, 0.6) is 0 Å². The average molecular weight is 355 g/mol. The third-order valence-electron chi connectivity index (χ3n) is 5.36. The molecule has 2 aliphatic rings. The van der Waals surface area contributed by atoms with E-state index in [4.69, 9.17) is 0 Å². The molecule has 0 aromatic carbocycles. The SMILES string of the molecule is CCCC1CCC(NC(=O)c2ccn(C3CCCNC3)n2)CC1.Cl. The maximum atomic E-state index is 12.4. The highest BCUT2D eigenvalue weighted by atomic mass is 35.5. The first-order valence-corrected chi connectivity index (χ1v) is 9.33. The van der Waals surface area contributed by atoms with Gasteiger partial charge in [0, 0.05) is 18.8 Å². The summed E-state index contributed by atoms with van der Waals surface area (Å²) >= 11 is 0. The summed E-state index contributed by atoms with van der Waals surface area (Å²) in [5.74, 6) is 0.859. The van der Waals surface area contributed by atoms with Crippen LogP contribution in [-0.2, 0) is 0 Å². The van der Waals surface area contributed by atoms with Crippen molar-refractivity contribution >= 4 is 18.3 Å². The first-order chi connectivity index (χ1) is 11.3. The summed E-state index contributed by atoms with van der Waals surface area (Å²) in [5, 5.41) is 11.1. The van der Waals surface area contributed by atoms with Gasteiger partial charge in [-0.1, -0.05) is 19.8 Å². The number of halogens is 1. The standard InChI is InChI=1S/C18H30N4O.ClH/c1-2-4-14-6-8-15(9-7-14)20-18(23)17-10-12-22(21-17)16-5-3-11-19-13-16;/h10,12,14-16,19H,2-9,11,13H2,1H3,(H,20,23);1H. The Morgan fingerprint density at radius 2 is 2.12 bits per heavy atom. The molecular formula is C18H31ClN4O. The van der Waals surface area contributed by atoms with E-state index in [1.807, 2.05) is 16.9 Å². The number of carbonyl (C=O) groups excluding carboxylic acids is 1. The van der Waals surface area contributed by atoms with Crippen LogP contribution in [-0.4, -0.2) is 34.8 Å². The van der Waals surface area contributed by atoms with E-state index in [9.17, 15) is 4.79 Å². The van der Waals surface area contributed by atoms with Crippen LogP contribution in [0.25, 0.3) is 0 Å². The Morgan fingerprint density at radius 3 is 2.79 bits per heavy atom. The predicted octanol–water partition coefficient (Wildman–Crippen LogP) is 3.32. The van der Waals surface area contributed by atoms with Gasteiger partial charge in [-0.15, -0.1) is 12.4 Å². The average Bonchev–Trinajstić information content (AvgIpc) is 3.08. The van der Waals surface area contributed by atoms with E-state index in [1.165, 1.54) is 32.1 Å². The van der Waals surface area contributed by atoms with Crippen molar-refractivity contribution in [1.82, 2.24) is 20.4 Å². The summed E-state index contributed by atoms with van der Waals surface area (Å²) in [6, 6.07) is 2.57. The smallest absolute Gasteiger partial charge is 0.271 e. The molecule has 1 unspecified atom stereocenters. The fourth-order valence-electron chi connectivity index (χ4n) is 3.98. The molecule has 2 N–H and O–H groups in total. The van der Waals surface area contributed by atoms with E-state index >= 15 is 0 Å². The largest absolute Gasteiger partial charge is 0.348 e. The fourth-order valence-corrected chi connectivity index (χ4v) is 3.98. The minimum atomic E-state index is -0.00791. The molecule has 3 rings (SSSR count). The van der Waals surface area contributed by atoms with Gasteiger partial charge in [-0.25, -0.2) is 0 Å². The molecule has 1 saturated carbocycles. The van der Waals surface area contributed by atoms with Crippen molar-refractivity contribution in [3.63, 3.8) is 0 Å². The summed E-state index contributed by atoms with van der Waals surface area (Å²) in [7, 11) is 0. The van der Waals surface area contributed by atoms with Crippen molar-refractivity contribution in [1.29, 1.82) is 0 Å². The minimum absolute atomic E-state index is 0. The molecule has 5 nitrogen and oxygen atoms in total. The van der Waals surface area contributed by atoms with Crippen molar-refractivity contribution < 1.29 is 4.79 Å². The summed E-state index contributed by atoms with van der Waals surface area (Å²) in [5.41, 5.74) is 0.561. The van der Waals surface area contributed by atoms with Crippen LogP contribution in [0.2, 0.25) is 0 Å². The molecule has 136 valence electrons. The Balaban J connectivity index is 0.00000208. The van der Waals surface area contributed by atoms with E-state index in [0.717, 1.165) is 38.3 Å². The van der Waals surface area contributed by atoms with Crippen molar-refractivity contribution in [2.24, 2.45) is 5.92 Å². The molecule has 2 fully saturated rings. The van der Waals surface area contributed by atoms with Gasteiger partial charge in [0.15, 0.2) is 0 Å². The maximum absolute atomic E-state index is 12.4. The normalized spacial score (nSPS) is 27.3. The summed E-state index contributed by atoms with van der Waals surface area (Å²) < 4.78 is 1.96. The Morgan fingerprint density at radius 1 is 1.33 bits per heavy atom. The summed E-state index contributed by atoms with van der Waals surface area (Å²) in [6.07, 6.45) is 11.6. The number of nitrogens with one attached hydrogen (secondary N) is 2. The Labute approximate surface area is 151 Å². The number of hydrogen-bond acceptors (Lipinski definition) is 3. The van der Waals surface area contributed by atoms with Crippen molar-refractivity contribution in [3.8, 4) is 0 Å². The molecule has 1 atom stereocenters. The van der Waals surface area contributed by atoms with E-state index in [1.54, 1.807) is 0 Å². The van der Waals surface area contributed by atoms with Crippen LogP contribution in [0.1, 0.15) is 74.8 Å². The van der Waals surface area contributed by atoms with Gasteiger partial charge in [-0.2, -0.15) is 5.10 Å². The van der Waals surface area contributed by atoms with Gasteiger partial charge >= 0.3 is 0 Å². The third kappa shape index (κ3) is 4.96. The van der Waals surface area contributed by atoms with Crippen LogP contribution in [0.15, 0.2) is 12.3 Å². The van der Waals surface area contributed by atoms with Gasteiger partial charge < -0.3 is 10.6 Å². The van der Waals surface area contributed by atoms with Crippen molar-refractivity contribution in [2.75, 3.05) is 13.1 Å². The van der Waals surface area contributed by atoms with Crippen LogP contribution < -0.4 is 10.6 Å². The first-order valence-electron chi connectivity index (χ1n) is 9.33. The van der Waals surface area contributed by atoms with Crippen LogP contribution in [0.4, 0.5) is 0 Å². The van der Waals surface area contributed by atoms with E-state index in [-0.39, 0.29) is 18.3 Å². The predicted molar refractivity (Wildman–Crippen MR) is 98.7 cm³/mol. The molecule has 1 aliphatic carbocycles. The molecule has 0 spiro atoms. The van der Waals surface area contributed by atoms with E-state index in [2.05, 4.69) is 22.7 Å². The Kier molecular flexibility index (Phi) is 7.56. The zero-order chi connectivity index (χ0) is 16.1. The Bertz CT molecular complexity index is 505. The molecule has 1 aromatic heterocycles. The number of aromatic nitrogens is 2. The quantitative estimate of drug-likeness (QED) is 0.852. The Hall–Kier alpha value is -1.07. The highest BCUT2D eigenvalue weighted by molar-refractivity contribution is 5.92. The van der Waals surface area contributed by atoms with Crippen LogP contribution >= 0.6 is 12.4 Å². The second-order valence-corrected chi connectivity index (χ2v) is 7.16. The number of rotatable bonds is 5. The topological polar surface area (TPSA) is 59.0 Å². The second kappa shape index (κ2) is 9.42. The van der Waals surface area contributed by atoms with Gasteiger partial charge in [0.2, 0.25) is 0 Å². The van der Waals surface area contributed by atoms with Gasteiger partial charge in [0.25, 0.3) is 5.91 Å². The number of hydrogen-bond donors (Lipinski definition) is 2.